The highest BCUT2D eigenvalue weighted by Gasteiger charge is 2.11. The molecule has 1 aliphatic rings. The standard InChI is InChI=1S/C17H27N3O/c1-13-8-9-15(17(18)21)16(12-13)20-11-10-19-14-6-4-2-3-5-7-14/h8-9,12,14,19-20H,2-7,10-11H2,1H3,(H2,18,21). The Labute approximate surface area is 127 Å². The minimum Gasteiger partial charge on any atom is -0.383 e. The zero-order valence-electron chi connectivity index (χ0n) is 13.0. The predicted octanol–water partition coefficient (Wildman–Crippen LogP) is 2.82. The first-order chi connectivity index (χ1) is 10.2. The van der Waals surface area contributed by atoms with E-state index >= 15 is 0 Å². The summed E-state index contributed by atoms with van der Waals surface area (Å²) in [5, 5.41) is 6.94. The lowest BCUT2D eigenvalue weighted by Crippen LogP contribution is -2.32. The van der Waals surface area contributed by atoms with Crippen LogP contribution in [0.15, 0.2) is 18.2 Å². The van der Waals surface area contributed by atoms with Gasteiger partial charge in [0.05, 0.1) is 5.56 Å². The molecular formula is C17H27N3O. The van der Waals surface area contributed by atoms with Gasteiger partial charge in [0.25, 0.3) is 5.91 Å². The fourth-order valence-electron chi connectivity index (χ4n) is 2.98. The summed E-state index contributed by atoms with van der Waals surface area (Å²) in [5.41, 5.74) is 7.94. The normalized spacial score (nSPS) is 16.4. The molecule has 21 heavy (non-hydrogen) atoms. The van der Waals surface area contributed by atoms with Crippen LogP contribution in [-0.2, 0) is 0 Å². The number of hydrogen-bond acceptors (Lipinski definition) is 3. The van der Waals surface area contributed by atoms with Gasteiger partial charge in [0.15, 0.2) is 0 Å². The van der Waals surface area contributed by atoms with Gasteiger partial charge in [-0.25, -0.2) is 0 Å². The van der Waals surface area contributed by atoms with Gasteiger partial charge in [0.2, 0.25) is 0 Å². The Kier molecular flexibility index (Phi) is 6.05. The van der Waals surface area contributed by atoms with Crippen molar-refractivity contribution in [2.24, 2.45) is 5.73 Å². The number of carbonyl (C=O) groups excluding carboxylic acids is 1. The number of aryl methyl sites for hydroxylation is 1. The third kappa shape index (κ3) is 5.05. The maximum absolute atomic E-state index is 11.4. The number of nitrogens with two attached hydrogens (primary N) is 1. The molecular weight excluding hydrogens is 262 g/mol. The molecule has 2 rings (SSSR count). The van der Waals surface area contributed by atoms with Gasteiger partial charge in [0, 0.05) is 24.8 Å². The van der Waals surface area contributed by atoms with E-state index in [1.54, 1.807) is 6.07 Å². The molecule has 1 aliphatic carbocycles. The largest absolute Gasteiger partial charge is 0.383 e. The Hall–Kier alpha value is -1.55. The molecule has 1 amide bonds. The molecule has 0 unspecified atom stereocenters. The molecule has 4 nitrogen and oxygen atoms in total. The smallest absolute Gasteiger partial charge is 0.250 e. The fourth-order valence-corrected chi connectivity index (χ4v) is 2.98. The van der Waals surface area contributed by atoms with Crippen molar-refractivity contribution in [2.45, 2.75) is 51.5 Å². The molecule has 116 valence electrons. The highest BCUT2D eigenvalue weighted by molar-refractivity contribution is 5.98. The van der Waals surface area contributed by atoms with Gasteiger partial charge in [-0.3, -0.25) is 4.79 Å². The number of rotatable bonds is 6. The maximum Gasteiger partial charge on any atom is 0.250 e. The molecule has 0 aromatic heterocycles. The van der Waals surface area contributed by atoms with Crippen molar-refractivity contribution in [3.63, 3.8) is 0 Å². The highest BCUT2D eigenvalue weighted by Crippen LogP contribution is 2.18. The Morgan fingerprint density at radius 3 is 2.57 bits per heavy atom. The Bertz CT molecular complexity index is 465. The van der Waals surface area contributed by atoms with Crippen LogP contribution >= 0.6 is 0 Å². The summed E-state index contributed by atoms with van der Waals surface area (Å²) in [6.45, 7) is 3.73. The summed E-state index contributed by atoms with van der Waals surface area (Å²) in [7, 11) is 0. The summed E-state index contributed by atoms with van der Waals surface area (Å²) in [6, 6.07) is 6.34. The summed E-state index contributed by atoms with van der Waals surface area (Å²) >= 11 is 0. The highest BCUT2D eigenvalue weighted by atomic mass is 16.1. The number of primary amides is 1. The minimum absolute atomic E-state index is 0.380. The third-order valence-corrected chi connectivity index (χ3v) is 4.17. The van der Waals surface area contributed by atoms with Crippen molar-refractivity contribution in [2.75, 3.05) is 18.4 Å². The summed E-state index contributed by atoms with van der Waals surface area (Å²) in [6.07, 6.45) is 8.01. The molecule has 1 saturated carbocycles. The SMILES string of the molecule is Cc1ccc(C(N)=O)c(NCCNC2CCCCCC2)c1. The Morgan fingerprint density at radius 2 is 1.90 bits per heavy atom. The zero-order chi connectivity index (χ0) is 15.1. The van der Waals surface area contributed by atoms with E-state index in [9.17, 15) is 4.79 Å². The number of anilines is 1. The molecule has 0 bridgehead atoms. The van der Waals surface area contributed by atoms with E-state index in [1.807, 2.05) is 19.1 Å². The van der Waals surface area contributed by atoms with E-state index < -0.39 is 0 Å². The lowest BCUT2D eigenvalue weighted by Gasteiger charge is -2.17. The van der Waals surface area contributed by atoms with E-state index in [1.165, 1.54) is 38.5 Å². The lowest BCUT2D eigenvalue weighted by molar-refractivity contribution is 0.100. The van der Waals surface area contributed by atoms with Crippen LogP contribution in [0.25, 0.3) is 0 Å². The van der Waals surface area contributed by atoms with Crippen LogP contribution in [0.1, 0.15) is 54.4 Å². The summed E-state index contributed by atoms with van der Waals surface area (Å²) in [5.74, 6) is -0.380. The summed E-state index contributed by atoms with van der Waals surface area (Å²) < 4.78 is 0. The third-order valence-electron chi connectivity index (χ3n) is 4.17. The topological polar surface area (TPSA) is 67.2 Å². The molecule has 0 radical (unpaired) electrons. The fraction of sp³-hybridized carbons (Fsp3) is 0.588. The maximum atomic E-state index is 11.4. The van der Waals surface area contributed by atoms with Crippen molar-refractivity contribution in [3.8, 4) is 0 Å². The lowest BCUT2D eigenvalue weighted by atomic mass is 10.1. The van der Waals surface area contributed by atoms with Gasteiger partial charge in [-0.15, -0.1) is 0 Å². The molecule has 0 spiro atoms. The average molecular weight is 289 g/mol. The number of carbonyl (C=O) groups is 1. The van der Waals surface area contributed by atoms with Crippen molar-refractivity contribution < 1.29 is 4.79 Å². The second-order valence-electron chi connectivity index (χ2n) is 5.98. The number of benzene rings is 1. The monoisotopic (exact) mass is 289 g/mol. The van der Waals surface area contributed by atoms with Crippen LogP contribution in [0.4, 0.5) is 5.69 Å². The van der Waals surface area contributed by atoms with Crippen LogP contribution in [0, 0.1) is 6.92 Å². The number of hydrogen-bond donors (Lipinski definition) is 3. The van der Waals surface area contributed by atoms with Gasteiger partial charge in [-0.05, 0) is 37.5 Å². The van der Waals surface area contributed by atoms with Crippen molar-refractivity contribution in [1.82, 2.24) is 5.32 Å². The van der Waals surface area contributed by atoms with Crippen LogP contribution in [0.2, 0.25) is 0 Å². The predicted molar refractivity (Wildman–Crippen MR) is 87.7 cm³/mol. The number of nitrogens with one attached hydrogen (secondary N) is 2. The Morgan fingerprint density at radius 1 is 1.19 bits per heavy atom. The average Bonchev–Trinajstić information content (AvgIpc) is 2.72. The second kappa shape index (κ2) is 8.03. The van der Waals surface area contributed by atoms with Gasteiger partial charge in [-0.2, -0.15) is 0 Å². The first-order valence-corrected chi connectivity index (χ1v) is 8.04. The van der Waals surface area contributed by atoms with Crippen LogP contribution in [-0.4, -0.2) is 25.0 Å². The Balaban J connectivity index is 1.80. The van der Waals surface area contributed by atoms with Gasteiger partial charge in [-0.1, -0.05) is 31.7 Å². The van der Waals surface area contributed by atoms with Gasteiger partial charge in [0.1, 0.15) is 0 Å². The van der Waals surface area contributed by atoms with Crippen LogP contribution < -0.4 is 16.4 Å². The first-order valence-electron chi connectivity index (χ1n) is 8.04. The molecule has 4 N–H and O–H groups in total. The van der Waals surface area contributed by atoms with Crippen LogP contribution in [0.3, 0.4) is 0 Å². The van der Waals surface area contributed by atoms with Gasteiger partial charge < -0.3 is 16.4 Å². The first kappa shape index (κ1) is 15.8. The molecule has 1 aromatic carbocycles. The minimum atomic E-state index is -0.380. The van der Waals surface area contributed by atoms with E-state index in [-0.39, 0.29) is 5.91 Å². The van der Waals surface area contributed by atoms with E-state index in [4.69, 9.17) is 5.73 Å². The van der Waals surface area contributed by atoms with Crippen molar-refractivity contribution in [3.05, 3.63) is 29.3 Å². The van der Waals surface area contributed by atoms with Gasteiger partial charge >= 0.3 is 0 Å². The number of amides is 1. The molecule has 4 heteroatoms. The van der Waals surface area contributed by atoms with E-state index in [0.717, 1.165) is 24.3 Å². The quantitative estimate of drug-likeness (QED) is 0.557. The second-order valence-corrected chi connectivity index (χ2v) is 5.98. The van der Waals surface area contributed by atoms with Crippen molar-refractivity contribution >= 4 is 11.6 Å². The zero-order valence-corrected chi connectivity index (χ0v) is 13.0. The molecule has 0 heterocycles. The summed E-state index contributed by atoms with van der Waals surface area (Å²) in [4.78, 5) is 11.4. The molecule has 0 atom stereocenters. The molecule has 0 saturated heterocycles. The molecule has 1 fully saturated rings. The molecule has 1 aromatic rings. The van der Waals surface area contributed by atoms with E-state index in [2.05, 4.69) is 10.6 Å². The molecule has 0 aliphatic heterocycles. The van der Waals surface area contributed by atoms with E-state index in [0.29, 0.717) is 11.6 Å². The van der Waals surface area contributed by atoms with Crippen molar-refractivity contribution in [1.29, 1.82) is 0 Å². The van der Waals surface area contributed by atoms with Crippen LogP contribution in [0.5, 0.6) is 0 Å².